The monoisotopic (exact) mass is 582 g/mol. The smallest absolute Gasteiger partial charge is 0.293 e. The van der Waals surface area contributed by atoms with Crippen molar-refractivity contribution >= 4 is 48.4 Å². The number of nitrogens with one attached hydrogen (secondary N) is 1. The first-order valence-electron chi connectivity index (χ1n) is 11.6. The van der Waals surface area contributed by atoms with E-state index in [2.05, 4.69) is 25.4 Å². The Hall–Kier alpha value is -4.43. The summed E-state index contributed by atoms with van der Waals surface area (Å²) in [4.78, 5) is 3.25. The average Bonchev–Trinajstić information content (AvgIpc) is 3.50. The van der Waals surface area contributed by atoms with E-state index in [4.69, 9.17) is 0 Å². The van der Waals surface area contributed by atoms with E-state index in [1.165, 1.54) is 6.92 Å². The molecule has 0 radical (unpaired) electrons. The van der Waals surface area contributed by atoms with Crippen molar-refractivity contribution in [2.45, 2.75) is 42.9 Å². The Morgan fingerprint density at radius 3 is 2.35 bits per heavy atom. The lowest BCUT2D eigenvalue weighted by molar-refractivity contribution is 0.477. The number of benzene rings is 2. The predicted molar refractivity (Wildman–Crippen MR) is 143 cm³/mol. The minimum absolute atomic E-state index is 0.0836. The lowest BCUT2D eigenvalue weighted by Gasteiger charge is -2.16. The normalized spacial score (nSPS) is 13.0. The van der Waals surface area contributed by atoms with Gasteiger partial charge in [-0.1, -0.05) is 32.9 Å². The third-order valence-electron chi connectivity index (χ3n) is 6.11. The van der Waals surface area contributed by atoms with Crippen LogP contribution in [0.25, 0.3) is 22.4 Å². The minimum Gasteiger partial charge on any atom is -0.293 e. The average molecular weight is 583 g/mol. The van der Waals surface area contributed by atoms with Crippen LogP contribution in [-0.2, 0) is 25.7 Å². The van der Waals surface area contributed by atoms with E-state index in [-0.39, 0.29) is 17.1 Å². The van der Waals surface area contributed by atoms with Gasteiger partial charge < -0.3 is 0 Å². The maximum Gasteiger partial charge on any atom is 0.296 e. The molecule has 14 nitrogen and oxygen atoms in total. The molecule has 40 heavy (non-hydrogen) atoms. The quantitative estimate of drug-likeness (QED) is 0.198. The van der Waals surface area contributed by atoms with Gasteiger partial charge in [0, 0.05) is 5.41 Å². The highest BCUT2D eigenvalue weighted by Crippen LogP contribution is 2.38. The molecule has 0 aliphatic rings. The third-order valence-corrected chi connectivity index (χ3v) is 7.86. The van der Waals surface area contributed by atoms with Crippen LogP contribution in [0.2, 0.25) is 0 Å². The topological polar surface area (TPSA) is 208 Å². The SMILES string of the molecule is Cc1nn(-c2cc(S(=O)(=O)O)ccc2S(=O)(=O)O)c(N=Nc2c(C(C)(C)C)[nH]n3c2nc2ccccc23)c1C#N. The molecule has 0 saturated heterocycles. The van der Waals surface area contributed by atoms with E-state index in [0.717, 1.165) is 28.4 Å². The van der Waals surface area contributed by atoms with Crippen LogP contribution in [0.1, 0.15) is 37.7 Å². The Kier molecular flexibility index (Phi) is 6.15. The van der Waals surface area contributed by atoms with Crippen LogP contribution in [-0.4, -0.2) is 50.3 Å². The third kappa shape index (κ3) is 4.54. The molecule has 0 aliphatic heterocycles. The van der Waals surface area contributed by atoms with E-state index in [1.54, 1.807) is 4.52 Å². The highest BCUT2D eigenvalue weighted by molar-refractivity contribution is 7.86. The number of azo groups is 1. The Morgan fingerprint density at radius 2 is 1.73 bits per heavy atom. The fraction of sp³-hybridized carbons (Fsp3) is 0.208. The van der Waals surface area contributed by atoms with E-state index in [0.29, 0.717) is 22.5 Å². The fourth-order valence-corrected chi connectivity index (χ4v) is 5.39. The van der Waals surface area contributed by atoms with Gasteiger partial charge in [-0.3, -0.25) is 14.2 Å². The Morgan fingerprint density at radius 1 is 1.02 bits per heavy atom. The van der Waals surface area contributed by atoms with Gasteiger partial charge in [-0.2, -0.15) is 27.2 Å². The molecule has 0 bridgehead atoms. The summed E-state index contributed by atoms with van der Waals surface area (Å²) in [6, 6.07) is 11.8. The van der Waals surface area contributed by atoms with Gasteiger partial charge in [0.15, 0.2) is 17.2 Å². The zero-order chi connectivity index (χ0) is 29.2. The first-order chi connectivity index (χ1) is 18.6. The Labute approximate surface area is 228 Å². The van der Waals surface area contributed by atoms with Gasteiger partial charge in [0.1, 0.15) is 16.5 Å². The van der Waals surface area contributed by atoms with Crippen LogP contribution in [0.4, 0.5) is 11.5 Å². The zero-order valence-corrected chi connectivity index (χ0v) is 23.1. The second-order valence-corrected chi connectivity index (χ2v) is 12.7. The van der Waals surface area contributed by atoms with Crippen molar-refractivity contribution in [2.75, 3.05) is 0 Å². The van der Waals surface area contributed by atoms with E-state index in [9.17, 15) is 31.2 Å². The number of rotatable bonds is 5. The molecule has 0 aliphatic carbocycles. The molecular weight excluding hydrogens is 560 g/mol. The number of imidazole rings is 1. The Bertz CT molecular complexity index is 2130. The number of nitrogens with zero attached hydrogens (tertiary/aromatic N) is 7. The summed E-state index contributed by atoms with van der Waals surface area (Å²) in [5.74, 6) is -0.243. The van der Waals surface area contributed by atoms with Crippen molar-refractivity contribution in [2.24, 2.45) is 10.2 Å². The van der Waals surface area contributed by atoms with Gasteiger partial charge >= 0.3 is 0 Å². The summed E-state index contributed by atoms with van der Waals surface area (Å²) in [7, 11) is -9.69. The molecule has 3 N–H and O–H groups in total. The number of para-hydroxylation sites is 2. The zero-order valence-electron chi connectivity index (χ0n) is 21.5. The van der Waals surface area contributed by atoms with Crippen LogP contribution < -0.4 is 0 Å². The predicted octanol–water partition coefficient (Wildman–Crippen LogP) is 4.39. The number of hydrogen-bond donors (Lipinski definition) is 3. The highest BCUT2D eigenvalue weighted by atomic mass is 32.2. The molecule has 3 aromatic heterocycles. The number of aryl methyl sites for hydroxylation is 1. The molecule has 0 unspecified atom stereocenters. The summed E-state index contributed by atoms with van der Waals surface area (Å²) in [5, 5.41) is 26.0. The molecule has 0 atom stereocenters. The summed E-state index contributed by atoms with van der Waals surface area (Å²) >= 11 is 0. The van der Waals surface area contributed by atoms with E-state index in [1.807, 2.05) is 51.1 Å². The molecule has 5 rings (SSSR count). The van der Waals surface area contributed by atoms with Gasteiger partial charge in [0.05, 0.1) is 33.0 Å². The van der Waals surface area contributed by atoms with Crippen molar-refractivity contribution in [3.8, 4) is 11.8 Å². The molecule has 0 spiro atoms. The van der Waals surface area contributed by atoms with Gasteiger partial charge in [0.2, 0.25) is 0 Å². The number of hydrogen-bond acceptors (Lipinski definition) is 9. The van der Waals surface area contributed by atoms with Crippen LogP contribution in [0.3, 0.4) is 0 Å². The largest absolute Gasteiger partial charge is 0.296 e. The number of nitriles is 1. The number of aromatic nitrogens is 5. The summed E-state index contributed by atoms with van der Waals surface area (Å²) < 4.78 is 69.9. The van der Waals surface area contributed by atoms with Crippen LogP contribution >= 0.6 is 0 Å². The van der Waals surface area contributed by atoms with Crippen molar-refractivity contribution in [3.63, 3.8) is 0 Å². The van der Waals surface area contributed by atoms with Crippen molar-refractivity contribution in [3.05, 3.63) is 59.4 Å². The van der Waals surface area contributed by atoms with Gasteiger partial charge in [0.25, 0.3) is 20.2 Å². The lowest BCUT2D eigenvalue weighted by Crippen LogP contribution is -2.12. The molecule has 206 valence electrons. The van der Waals surface area contributed by atoms with Gasteiger partial charge in [-0.25, -0.2) is 14.2 Å². The van der Waals surface area contributed by atoms with Crippen LogP contribution in [0, 0.1) is 18.3 Å². The Balaban J connectivity index is 1.80. The van der Waals surface area contributed by atoms with Crippen molar-refractivity contribution in [1.29, 1.82) is 5.26 Å². The molecule has 0 saturated carbocycles. The molecule has 0 fully saturated rings. The van der Waals surface area contributed by atoms with Gasteiger partial charge in [-0.05, 0) is 37.3 Å². The highest BCUT2D eigenvalue weighted by Gasteiger charge is 2.28. The number of aromatic amines is 1. The van der Waals surface area contributed by atoms with Crippen LogP contribution in [0.15, 0.2) is 62.5 Å². The van der Waals surface area contributed by atoms with Crippen molar-refractivity contribution in [1.82, 2.24) is 24.4 Å². The summed E-state index contributed by atoms with van der Waals surface area (Å²) in [6.45, 7) is 7.32. The number of fused-ring (bicyclic) bond motifs is 3. The molecule has 2 aromatic carbocycles. The minimum atomic E-state index is -4.91. The summed E-state index contributed by atoms with van der Waals surface area (Å²) in [5.41, 5.74) is 2.06. The maximum atomic E-state index is 12.2. The maximum absolute atomic E-state index is 12.2. The number of H-pyrrole nitrogens is 1. The summed E-state index contributed by atoms with van der Waals surface area (Å²) in [6.07, 6.45) is 0. The lowest BCUT2D eigenvalue weighted by atomic mass is 9.91. The van der Waals surface area contributed by atoms with E-state index >= 15 is 0 Å². The fourth-order valence-electron chi connectivity index (χ4n) is 4.24. The van der Waals surface area contributed by atoms with Crippen molar-refractivity contribution < 1.29 is 25.9 Å². The van der Waals surface area contributed by atoms with Crippen LogP contribution in [0.5, 0.6) is 0 Å². The molecule has 3 heterocycles. The van der Waals surface area contributed by atoms with E-state index < -0.39 is 41.1 Å². The first kappa shape index (κ1) is 27.1. The second kappa shape index (κ2) is 9.06. The molecular formula is C24H22N8O6S2. The molecule has 5 aromatic rings. The first-order valence-corrected chi connectivity index (χ1v) is 14.5. The van der Waals surface area contributed by atoms with Gasteiger partial charge in [-0.15, -0.1) is 10.2 Å². The molecule has 16 heteroatoms. The second-order valence-electron chi connectivity index (χ2n) is 9.93. The molecule has 0 amide bonds. The standard InChI is InChI=1S/C24H22N8O6S2/c1-13-15(12-25)22(32(29-13)18-11-14(39(33,34)35)9-10-19(18)40(36,37)38)28-27-20-21(24(2,3)4)30-31-17-8-6-5-7-16(17)26-23(20)31/h5-11,30H,1-4H3,(H,33,34,35)(H,36,37,38).